The zero-order chi connectivity index (χ0) is 17.0. The molecule has 1 aromatic rings. The number of nitrogens with one attached hydrogen (secondary N) is 1. The van der Waals surface area contributed by atoms with Crippen molar-refractivity contribution in [1.29, 1.82) is 0 Å². The first kappa shape index (κ1) is 17.0. The molecule has 1 aliphatic heterocycles. The highest BCUT2D eigenvalue weighted by Gasteiger charge is 2.57. The van der Waals surface area contributed by atoms with Gasteiger partial charge >= 0.3 is 0 Å². The van der Waals surface area contributed by atoms with Crippen molar-refractivity contribution >= 4 is 11.8 Å². The maximum absolute atomic E-state index is 12.8. The lowest BCUT2D eigenvalue weighted by Crippen LogP contribution is -2.53. The molecule has 0 spiro atoms. The molecule has 130 valence electrons. The van der Waals surface area contributed by atoms with E-state index in [0.717, 1.165) is 26.1 Å². The Morgan fingerprint density at radius 1 is 1.08 bits per heavy atom. The topological polar surface area (TPSA) is 52.7 Å². The Morgan fingerprint density at radius 3 is 2.33 bits per heavy atom. The van der Waals surface area contributed by atoms with Crippen LogP contribution in [0.1, 0.15) is 31.7 Å². The Labute approximate surface area is 144 Å². The second-order valence-corrected chi connectivity index (χ2v) is 6.89. The average molecular weight is 329 g/mol. The predicted octanol–water partition coefficient (Wildman–Crippen LogP) is 1.64. The van der Waals surface area contributed by atoms with Crippen LogP contribution in [-0.4, -0.2) is 54.3 Å². The molecule has 1 N–H and O–H groups in total. The summed E-state index contributed by atoms with van der Waals surface area (Å²) in [4.78, 5) is 29.4. The van der Waals surface area contributed by atoms with Crippen LogP contribution in [-0.2, 0) is 16.1 Å². The van der Waals surface area contributed by atoms with Crippen molar-refractivity contribution in [2.45, 2.75) is 32.7 Å². The van der Waals surface area contributed by atoms with Crippen LogP contribution in [0.2, 0.25) is 0 Å². The van der Waals surface area contributed by atoms with Gasteiger partial charge in [-0.3, -0.25) is 14.5 Å². The van der Waals surface area contributed by atoms with Crippen molar-refractivity contribution in [2.75, 3.05) is 32.7 Å². The normalized spacial score (nSPS) is 19.8. The molecule has 5 heteroatoms. The third-order valence-corrected chi connectivity index (χ3v) is 5.04. The number of nitrogens with zero attached hydrogens (tertiary/aromatic N) is 2. The molecule has 5 nitrogen and oxygen atoms in total. The molecule has 0 radical (unpaired) electrons. The first-order chi connectivity index (χ1) is 11.7. The second-order valence-electron chi connectivity index (χ2n) is 6.89. The van der Waals surface area contributed by atoms with Gasteiger partial charge in [-0.25, -0.2) is 0 Å². The van der Waals surface area contributed by atoms with E-state index in [9.17, 15) is 9.59 Å². The van der Waals surface area contributed by atoms with Gasteiger partial charge in [0.15, 0.2) is 0 Å². The molecule has 1 saturated carbocycles. The van der Waals surface area contributed by atoms with Gasteiger partial charge in [0, 0.05) is 39.3 Å². The minimum Gasteiger partial charge on any atom is -0.355 e. The number of benzene rings is 1. The lowest BCUT2D eigenvalue weighted by molar-refractivity contribution is -0.145. The van der Waals surface area contributed by atoms with E-state index in [-0.39, 0.29) is 11.8 Å². The van der Waals surface area contributed by atoms with E-state index >= 15 is 0 Å². The standard InChI is InChI=1S/C19H27N3O2/c1-2-10-20-17(23)19(8-9-19)18(24)22-13-11-21(12-14-22)15-16-6-4-3-5-7-16/h3-7H,2,8-15H2,1H3,(H,20,23). The number of hydrogen-bond donors (Lipinski definition) is 1. The van der Waals surface area contributed by atoms with Crippen molar-refractivity contribution < 1.29 is 9.59 Å². The molecule has 1 saturated heterocycles. The third kappa shape index (κ3) is 3.61. The lowest BCUT2D eigenvalue weighted by Gasteiger charge is -2.36. The number of hydrogen-bond acceptors (Lipinski definition) is 3. The predicted molar refractivity (Wildman–Crippen MR) is 93.3 cm³/mol. The Balaban J connectivity index is 1.51. The molecule has 3 rings (SSSR count). The molecule has 0 atom stereocenters. The Morgan fingerprint density at radius 2 is 1.75 bits per heavy atom. The maximum atomic E-state index is 12.8. The summed E-state index contributed by atoms with van der Waals surface area (Å²) in [7, 11) is 0. The van der Waals surface area contributed by atoms with E-state index < -0.39 is 5.41 Å². The molecule has 1 aromatic carbocycles. The first-order valence-corrected chi connectivity index (χ1v) is 8.99. The smallest absolute Gasteiger partial charge is 0.238 e. The summed E-state index contributed by atoms with van der Waals surface area (Å²) in [5.41, 5.74) is 0.548. The molecule has 0 aromatic heterocycles. The maximum Gasteiger partial charge on any atom is 0.238 e. The second kappa shape index (κ2) is 7.34. The van der Waals surface area contributed by atoms with Gasteiger partial charge in [-0.2, -0.15) is 0 Å². The molecule has 24 heavy (non-hydrogen) atoms. The van der Waals surface area contributed by atoms with Crippen LogP contribution in [0.4, 0.5) is 0 Å². The molecule has 1 heterocycles. The molecular weight excluding hydrogens is 302 g/mol. The number of piperazine rings is 1. The summed E-state index contributed by atoms with van der Waals surface area (Å²) in [6.45, 7) is 6.76. The fraction of sp³-hybridized carbons (Fsp3) is 0.579. The zero-order valence-electron chi connectivity index (χ0n) is 14.5. The summed E-state index contributed by atoms with van der Waals surface area (Å²) in [5, 5.41) is 2.90. The summed E-state index contributed by atoms with van der Waals surface area (Å²) < 4.78 is 0. The van der Waals surface area contributed by atoms with E-state index in [1.54, 1.807) is 0 Å². The quantitative estimate of drug-likeness (QED) is 0.807. The lowest BCUT2D eigenvalue weighted by atomic mass is 10.0. The van der Waals surface area contributed by atoms with Crippen molar-refractivity contribution in [2.24, 2.45) is 5.41 Å². The number of carbonyl (C=O) groups is 2. The fourth-order valence-corrected chi connectivity index (χ4v) is 3.32. The molecular formula is C19H27N3O2. The van der Waals surface area contributed by atoms with Crippen molar-refractivity contribution in [3.8, 4) is 0 Å². The average Bonchev–Trinajstić information content (AvgIpc) is 3.42. The Hall–Kier alpha value is -1.88. The van der Waals surface area contributed by atoms with Crippen LogP contribution in [0, 0.1) is 5.41 Å². The van der Waals surface area contributed by atoms with E-state index in [1.165, 1.54) is 5.56 Å². The van der Waals surface area contributed by atoms with Gasteiger partial charge in [-0.15, -0.1) is 0 Å². The largest absolute Gasteiger partial charge is 0.355 e. The van der Waals surface area contributed by atoms with Crippen molar-refractivity contribution in [3.63, 3.8) is 0 Å². The first-order valence-electron chi connectivity index (χ1n) is 8.99. The number of carbonyl (C=O) groups excluding carboxylic acids is 2. The van der Waals surface area contributed by atoms with E-state index in [1.807, 2.05) is 17.9 Å². The SMILES string of the molecule is CCCNC(=O)C1(C(=O)N2CCN(Cc3ccccc3)CC2)CC1. The van der Waals surface area contributed by atoms with E-state index in [2.05, 4.69) is 34.5 Å². The van der Waals surface area contributed by atoms with Crippen molar-refractivity contribution in [3.05, 3.63) is 35.9 Å². The van der Waals surface area contributed by atoms with Gasteiger partial charge in [0.25, 0.3) is 0 Å². The molecule has 1 aliphatic carbocycles. The molecule has 0 bridgehead atoms. The molecule has 0 unspecified atom stereocenters. The Kier molecular flexibility index (Phi) is 5.19. The highest BCUT2D eigenvalue weighted by Crippen LogP contribution is 2.47. The van der Waals surface area contributed by atoms with Crippen LogP contribution in [0.5, 0.6) is 0 Å². The minimum absolute atomic E-state index is 0.0375. The van der Waals surface area contributed by atoms with Crippen LogP contribution in [0.25, 0.3) is 0 Å². The van der Waals surface area contributed by atoms with Gasteiger partial charge < -0.3 is 10.2 Å². The van der Waals surface area contributed by atoms with Crippen LogP contribution < -0.4 is 5.32 Å². The third-order valence-electron chi connectivity index (χ3n) is 5.04. The van der Waals surface area contributed by atoms with Gasteiger partial charge in [0.1, 0.15) is 5.41 Å². The fourth-order valence-electron chi connectivity index (χ4n) is 3.32. The van der Waals surface area contributed by atoms with Gasteiger partial charge in [-0.05, 0) is 24.8 Å². The molecule has 2 fully saturated rings. The Bertz CT molecular complexity index is 576. The van der Waals surface area contributed by atoms with Crippen LogP contribution in [0.3, 0.4) is 0 Å². The number of rotatable bonds is 6. The van der Waals surface area contributed by atoms with Crippen LogP contribution in [0.15, 0.2) is 30.3 Å². The van der Waals surface area contributed by atoms with Gasteiger partial charge in [0.05, 0.1) is 0 Å². The highest BCUT2D eigenvalue weighted by atomic mass is 16.2. The summed E-state index contributed by atoms with van der Waals surface area (Å²) >= 11 is 0. The summed E-state index contributed by atoms with van der Waals surface area (Å²) in [6.07, 6.45) is 2.30. The van der Waals surface area contributed by atoms with E-state index in [4.69, 9.17) is 0 Å². The van der Waals surface area contributed by atoms with Crippen molar-refractivity contribution in [1.82, 2.24) is 15.1 Å². The summed E-state index contributed by atoms with van der Waals surface area (Å²) in [5.74, 6) is -0.0310. The van der Waals surface area contributed by atoms with Gasteiger partial charge in [0.2, 0.25) is 11.8 Å². The summed E-state index contributed by atoms with van der Waals surface area (Å²) in [6, 6.07) is 10.4. The molecule has 2 amide bonds. The zero-order valence-corrected chi connectivity index (χ0v) is 14.5. The van der Waals surface area contributed by atoms with Gasteiger partial charge in [-0.1, -0.05) is 37.3 Å². The van der Waals surface area contributed by atoms with Crippen LogP contribution >= 0.6 is 0 Å². The monoisotopic (exact) mass is 329 g/mol. The number of amides is 2. The minimum atomic E-state index is -0.753. The molecule has 2 aliphatic rings. The van der Waals surface area contributed by atoms with E-state index in [0.29, 0.717) is 32.5 Å². The highest BCUT2D eigenvalue weighted by molar-refractivity contribution is 6.07.